The number of nitrogens with one attached hydrogen (secondary N) is 2. The van der Waals surface area contributed by atoms with E-state index in [1.54, 1.807) is 0 Å². The second kappa shape index (κ2) is 6.91. The van der Waals surface area contributed by atoms with Crippen LogP contribution in [0, 0.1) is 0 Å². The van der Waals surface area contributed by atoms with E-state index in [-0.39, 0.29) is 23.8 Å². The standard InChI is InChI=1S/C14H20N4O2/c15-13(18-20)8-12(10-4-2-1-3-5-10)16-9-11-6-7-14(19)17-11/h1-5,11-12,16,20H,6-9H2,(H2,15,18)(H,17,19). The van der Waals surface area contributed by atoms with Gasteiger partial charge in [0, 0.05) is 31.5 Å². The molecule has 5 N–H and O–H groups in total. The highest BCUT2D eigenvalue weighted by molar-refractivity contribution is 5.80. The van der Waals surface area contributed by atoms with Gasteiger partial charge in [0.1, 0.15) is 5.84 Å². The van der Waals surface area contributed by atoms with Gasteiger partial charge in [-0.15, -0.1) is 0 Å². The molecule has 0 bridgehead atoms. The van der Waals surface area contributed by atoms with Crippen molar-refractivity contribution in [1.29, 1.82) is 0 Å². The van der Waals surface area contributed by atoms with Crippen molar-refractivity contribution in [3.8, 4) is 0 Å². The average molecular weight is 276 g/mol. The van der Waals surface area contributed by atoms with Gasteiger partial charge >= 0.3 is 0 Å². The zero-order valence-electron chi connectivity index (χ0n) is 11.2. The largest absolute Gasteiger partial charge is 0.409 e. The topological polar surface area (TPSA) is 99.7 Å². The van der Waals surface area contributed by atoms with Crippen molar-refractivity contribution in [2.45, 2.75) is 31.3 Å². The minimum absolute atomic E-state index is 0.0374. The summed E-state index contributed by atoms with van der Waals surface area (Å²) in [4.78, 5) is 11.2. The summed E-state index contributed by atoms with van der Waals surface area (Å²) in [6.07, 6.45) is 1.85. The maximum absolute atomic E-state index is 11.2. The van der Waals surface area contributed by atoms with Crippen molar-refractivity contribution in [1.82, 2.24) is 10.6 Å². The maximum atomic E-state index is 11.2. The molecule has 1 aliphatic rings. The molecule has 1 fully saturated rings. The molecule has 2 atom stereocenters. The zero-order chi connectivity index (χ0) is 14.4. The van der Waals surface area contributed by atoms with E-state index in [0.29, 0.717) is 19.4 Å². The van der Waals surface area contributed by atoms with Gasteiger partial charge in [0.05, 0.1) is 0 Å². The number of carbonyl (C=O) groups is 1. The van der Waals surface area contributed by atoms with Gasteiger partial charge < -0.3 is 21.6 Å². The molecule has 0 aliphatic carbocycles. The Labute approximate surface area is 118 Å². The Bertz CT molecular complexity index is 475. The summed E-state index contributed by atoms with van der Waals surface area (Å²) in [7, 11) is 0. The summed E-state index contributed by atoms with van der Waals surface area (Å²) < 4.78 is 0. The van der Waals surface area contributed by atoms with Crippen LogP contribution < -0.4 is 16.4 Å². The Balaban J connectivity index is 1.97. The first-order chi connectivity index (χ1) is 9.69. The fourth-order valence-corrected chi connectivity index (χ4v) is 2.36. The second-order valence-corrected chi connectivity index (χ2v) is 4.97. The van der Waals surface area contributed by atoms with Crippen molar-refractivity contribution < 1.29 is 10.0 Å². The minimum Gasteiger partial charge on any atom is -0.409 e. The van der Waals surface area contributed by atoms with Crippen LogP contribution in [0.5, 0.6) is 0 Å². The van der Waals surface area contributed by atoms with Crippen LogP contribution in [-0.4, -0.2) is 29.5 Å². The molecule has 2 unspecified atom stereocenters. The molecule has 1 saturated heterocycles. The number of amidine groups is 1. The summed E-state index contributed by atoms with van der Waals surface area (Å²) in [5.74, 6) is 0.284. The Morgan fingerprint density at radius 3 is 2.85 bits per heavy atom. The van der Waals surface area contributed by atoms with E-state index in [2.05, 4.69) is 15.8 Å². The first-order valence-electron chi connectivity index (χ1n) is 6.73. The van der Waals surface area contributed by atoms with E-state index >= 15 is 0 Å². The molecule has 1 heterocycles. The van der Waals surface area contributed by atoms with Gasteiger partial charge in [-0.1, -0.05) is 35.5 Å². The van der Waals surface area contributed by atoms with Gasteiger partial charge in [-0.25, -0.2) is 0 Å². The van der Waals surface area contributed by atoms with E-state index in [1.807, 2.05) is 30.3 Å². The van der Waals surface area contributed by atoms with Gasteiger partial charge in [-0.3, -0.25) is 4.79 Å². The molecule has 2 rings (SSSR count). The van der Waals surface area contributed by atoms with Crippen LogP contribution in [0.15, 0.2) is 35.5 Å². The normalized spacial score (nSPS) is 20.7. The van der Waals surface area contributed by atoms with Crippen molar-refractivity contribution in [3.05, 3.63) is 35.9 Å². The van der Waals surface area contributed by atoms with Gasteiger partial charge in [0.25, 0.3) is 0 Å². The number of carbonyl (C=O) groups excluding carboxylic acids is 1. The number of hydrogen-bond donors (Lipinski definition) is 4. The summed E-state index contributed by atoms with van der Waals surface area (Å²) in [6, 6.07) is 9.96. The summed E-state index contributed by atoms with van der Waals surface area (Å²) in [5.41, 5.74) is 6.68. The predicted octanol–water partition coefficient (Wildman–Crippen LogP) is 0.732. The molecule has 0 spiro atoms. The lowest BCUT2D eigenvalue weighted by molar-refractivity contribution is -0.119. The van der Waals surface area contributed by atoms with Crippen molar-refractivity contribution in [2.75, 3.05) is 6.54 Å². The Morgan fingerprint density at radius 2 is 2.25 bits per heavy atom. The van der Waals surface area contributed by atoms with Gasteiger partial charge in [-0.05, 0) is 12.0 Å². The number of oxime groups is 1. The van der Waals surface area contributed by atoms with Crippen LogP contribution in [0.25, 0.3) is 0 Å². The van der Waals surface area contributed by atoms with Crippen LogP contribution in [-0.2, 0) is 4.79 Å². The van der Waals surface area contributed by atoms with E-state index in [4.69, 9.17) is 10.9 Å². The smallest absolute Gasteiger partial charge is 0.220 e. The zero-order valence-corrected chi connectivity index (χ0v) is 11.2. The van der Waals surface area contributed by atoms with Crippen LogP contribution in [0.1, 0.15) is 30.9 Å². The number of nitrogens with two attached hydrogens (primary N) is 1. The minimum atomic E-state index is -0.0374. The second-order valence-electron chi connectivity index (χ2n) is 4.97. The molecule has 1 amide bonds. The molecule has 0 saturated carbocycles. The monoisotopic (exact) mass is 276 g/mol. The lowest BCUT2D eigenvalue weighted by Gasteiger charge is -2.21. The molecule has 1 aliphatic heterocycles. The van der Waals surface area contributed by atoms with Gasteiger partial charge in [0.15, 0.2) is 0 Å². The third-order valence-electron chi connectivity index (χ3n) is 3.44. The first kappa shape index (κ1) is 14.3. The highest BCUT2D eigenvalue weighted by atomic mass is 16.4. The molecular weight excluding hydrogens is 256 g/mol. The fourth-order valence-electron chi connectivity index (χ4n) is 2.36. The molecule has 6 heteroatoms. The molecule has 20 heavy (non-hydrogen) atoms. The average Bonchev–Trinajstić information content (AvgIpc) is 2.89. The third-order valence-corrected chi connectivity index (χ3v) is 3.44. The predicted molar refractivity (Wildman–Crippen MR) is 76.4 cm³/mol. The van der Waals surface area contributed by atoms with E-state index < -0.39 is 0 Å². The van der Waals surface area contributed by atoms with Crippen LogP contribution >= 0.6 is 0 Å². The SMILES string of the molecule is NC(CC(NCC1CCC(=O)N1)c1ccccc1)=NO. The van der Waals surface area contributed by atoms with E-state index in [1.165, 1.54) is 0 Å². The van der Waals surface area contributed by atoms with E-state index in [0.717, 1.165) is 12.0 Å². The lowest BCUT2D eigenvalue weighted by atomic mass is 10.0. The molecule has 0 aromatic heterocycles. The van der Waals surface area contributed by atoms with Crippen molar-refractivity contribution in [3.63, 3.8) is 0 Å². The lowest BCUT2D eigenvalue weighted by Crippen LogP contribution is -2.38. The molecule has 1 aromatic rings. The Hall–Kier alpha value is -2.08. The first-order valence-corrected chi connectivity index (χ1v) is 6.73. The van der Waals surface area contributed by atoms with Crippen LogP contribution in [0.3, 0.4) is 0 Å². The van der Waals surface area contributed by atoms with Gasteiger partial charge in [0.2, 0.25) is 5.91 Å². The molecular formula is C14H20N4O2. The summed E-state index contributed by atoms with van der Waals surface area (Å²) in [5, 5.41) is 18.0. The molecule has 1 aromatic carbocycles. The highest BCUT2D eigenvalue weighted by Crippen LogP contribution is 2.17. The third kappa shape index (κ3) is 3.96. The van der Waals surface area contributed by atoms with Gasteiger partial charge in [-0.2, -0.15) is 0 Å². The number of rotatable bonds is 6. The highest BCUT2D eigenvalue weighted by Gasteiger charge is 2.22. The van der Waals surface area contributed by atoms with Crippen LogP contribution in [0.4, 0.5) is 0 Å². The molecule has 108 valence electrons. The number of amides is 1. The quantitative estimate of drug-likeness (QED) is 0.266. The maximum Gasteiger partial charge on any atom is 0.220 e. The summed E-state index contributed by atoms with van der Waals surface area (Å²) >= 11 is 0. The Kier molecular flexibility index (Phi) is 4.95. The van der Waals surface area contributed by atoms with E-state index in [9.17, 15) is 4.79 Å². The molecule has 0 radical (unpaired) electrons. The van der Waals surface area contributed by atoms with Crippen molar-refractivity contribution >= 4 is 11.7 Å². The van der Waals surface area contributed by atoms with Crippen LogP contribution in [0.2, 0.25) is 0 Å². The van der Waals surface area contributed by atoms with Crippen molar-refractivity contribution in [2.24, 2.45) is 10.9 Å². The fraction of sp³-hybridized carbons (Fsp3) is 0.429. The number of hydrogen-bond acceptors (Lipinski definition) is 4. The number of nitrogens with zero attached hydrogens (tertiary/aromatic N) is 1. The summed E-state index contributed by atoms with van der Waals surface area (Å²) in [6.45, 7) is 0.671. The molecule has 6 nitrogen and oxygen atoms in total. The Morgan fingerprint density at radius 1 is 1.50 bits per heavy atom. The number of benzene rings is 1.